The number of pyridine rings is 1. The van der Waals surface area contributed by atoms with Crippen molar-refractivity contribution in [3.63, 3.8) is 0 Å². The lowest BCUT2D eigenvalue weighted by Crippen LogP contribution is -2.38. The zero-order valence-corrected chi connectivity index (χ0v) is 12.6. The molecule has 5 heteroatoms. The molecule has 0 spiro atoms. The standard InChI is InChI=1S/C16H21N3O2/c1-10(2)11(3)19-15(20)9-21-14-7-6-13(17)12-5-4-8-18-16(12)14/h4-8,10-11H,9,17H2,1-3H3,(H,19,20). The number of nitrogens with one attached hydrogen (secondary N) is 1. The normalized spacial score (nSPS) is 12.4. The summed E-state index contributed by atoms with van der Waals surface area (Å²) >= 11 is 0. The van der Waals surface area contributed by atoms with Crippen LogP contribution >= 0.6 is 0 Å². The third-order valence-corrected chi connectivity index (χ3v) is 3.51. The van der Waals surface area contributed by atoms with Crippen LogP contribution in [0.4, 0.5) is 5.69 Å². The number of nitrogens with zero attached hydrogens (tertiary/aromatic N) is 1. The molecule has 0 bridgehead atoms. The van der Waals surface area contributed by atoms with Crippen LogP contribution in [0, 0.1) is 5.92 Å². The fourth-order valence-electron chi connectivity index (χ4n) is 1.89. The number of hydrogen-bond acceptors (Lipinski definition) is 4. The van der Waals surface area contributed by atoms with Gasteiger partial charge in [0.2, 0.25) is 0 Å². The molecular formula is C16H21N3O2. The van der Waals surface area contributed by atoms with E-state index >= 15 is 0 Å². The van der Waals surface area contributed by atoms with Crippen molar-refractivity contribution < 1.29 is 9.53 Å². The highest BCUT2D eigenvalue weighted by atomic mass is 16.5. The Hall–Kier alpha value is -2.30. The number of fused-ring (bicyclic) bond motifs is 1. The first kappa shape index (κ1) is 15.1. The summed E-state index contributed by atoms with van der Waals surface area (Å²) in [5.74, 6) is 0.803. The Morgan fingerprint density at radius 2 is 2.10 bits per heavy atom. The molecule has 1 amide bonds. The number of amides is 1. The van der Waals surface area contributed by atoms with Crippen LogP contribution in [-0.4, -0.2) is 23.5 Å². The van der Waals surface area contributed by atoms with Gasteiger partial charge in [0.15, 0.2) is 6.61 Å². The zero-order chi connectivity index (χ0) is 15.4. The molecule has 0 saturated heterocycles. The Balaban J connectivity index is 2.07. The fraction of sp³-hybridized carbons (Fsp3) is 0.375. The van der Waals surface area contributed by atoms with Crippen molar-refractivity contribution in [3.8, 4) is 5.75 Å². The number of aromatic nitrogens is 1. The van der Waals surface area contributed by atoms with Gasteiger partial charge in [-0.05, 0) is 37.1 Å². The van der Waals surface area contributed by atoms with Gasteiger partial charge >= 0.3 is 0 Å². The first-order valence-electron chi connectivity index (χ1n) is 7.04. The second-order valence-electron chi connectivity index (χ2n) is 5.44. The van der Waals surface area contributed by atoms with E-state index in [-0.39, 0.29) is 18.6 Å². The SMILES string of the molecule is CC(C)C(C)NC(=O)COc1ccc(N)c2cccnc12. The van der Waals surface area contributed by atoms with Crippen molar-refractivity contribution in [2.24, 2.45) is 5.92 Å². The van der Waals surface area contributed by atoms with E-state index in [0.717, 1.165) is 5.39 Å². The second kappa shape index (κ2) is 6.43. The summed E-state index contributed by atoms with van der Waals surface area (Å²) in [5.41, 5.74) is 7.22. The van der Waals surface area contributed by atoms with Crippen molar-refractivity contribution in [1.29, 1.82) is 0 Å². The number of anilines is 1. The molecule has 1 aromatic heterocycles. The molecule has 1 unspecified atom stereocenters. The Morgan fingerprint density at radius 3 is 2.81 bits per heavy atom. The third kappa shape index (κ3) is 3.62. The largest absolute Gasteiger partial charge is 0.481 e. The average molecular weight is 287 g/mol. The van der Waals surface area contributed by atoms with Crippen LogP contribution in [0.5, 0.6) is 5.75 Å². The molecule has 2 aromatic rings. The summed E-state index contributed by atoms with van der Waals surface area (Å²) in [5, 5.41) is 3.72. The topological polar surface area (TPSA) is 77.2 Å². The average Bonchev–Trinajstić information content (AvgIpc) is 2.46. The van der Waals surface area contributed by atoms with Gasteiger partial charge in [0.25, 0.3) is 5.91 Å². The van der Waals surface area contributed by atoms with Crippen LogP contribution in [0.25, 0.3) is 10.9 Å². The molecule has 112 valence electrons. The zero-order valence-electron chi connectivity index (χ0n) is 12.6. The summed E-state index contributed by atoms with van der Waals surface area (Å²) < 4.78 is 5.59. The maximum Gasteiger partial charge on any atom is 0.258 e. The van der Waals surface area contributed by atoms with Crippen LogP contribution in [0.3, 0.4) is 0 Å². The second-order valence-corrected chi connectivity index (χ2v) is 5.44. The first-order chi connectivity index (χ1) is 9.99. The molecule has 2 rings (SSSR count). The molecule has 5 nitrogen and oxygen atoms in total. The smallest absolute Gasteiger partial charge is 0.258 e. The van der Waals surface area contributed by atoms with Crippen molar-refractivity contribution in [2.75, 3.05) is 12.3 Å². The summed E-state index contributed by atoms with van der Waals surface area (Å²) in [4.78, 5) is 16.1. The number of nitrogens with two attached hydrogens (primary N) is 1. The Morgan fingerprint density at radius 1 is 1.33 bits per heavy atom. The van der Waals surface area contributed by atoms with E-state index in [4.69, 9.17) is 10.5 Å². The molecule has 1 atom stereocenters. The molecule has 0 aliphatic carbocycles. The fourth-order valence-corrected chi connectivity index (χ4v) is 1.89. The van der Waals surface area contributed by atoms with Crippen molar-refractivity contribution in [1.82, 2.24) is 10.3 Å². The number of hydrogen-bond donors (Lipinski definition) is 2. The van der Waals surface area contributed by atoms with Gasteiger partial charge in [0.1, 0.15) is 11.3 Å². The summed E-state index contributed by atoms with van der Waals surface area (Å²) in [7, 11) is 0. The quantitative estimate of drug-likeness (QED) is 0.828. The van der Waals surface area contributed by atoms with Crippen LogP contribution in [0.2, 0.25) is 0 Å². The molecule has 0 aliphatic rings. The minimum atomic E-state index is -0.142. The van der Waals surface area contributed by atoms with Crippen molar-refractivity contribution >= 4 is 22.5 Å². The molecule has 1 aromatic carbocycles. The highest BCUT2D eigenvalue weighted by Crippen LogP contribution is 2.27. The number of carbonyl (C=O) groups is 1. The van der Waals surface area contributed by atoms with E-state index < -0.39 is 0 Å². The minimum Gasteiger partial charge on any atom is -0.481 e. The number of carbonyl (C=O) groups excluding carboxylic acids is 1. The van der Waals surface area contributed by atoms with Gasteiger partial charge in [-0.3, -0.25) is 9.78 Å². The van der Waals surface area contributed by atoms with E-state index in [2.05, 4.69) is 24.1 Å². The Labute approximate surface area is 124 Å². The molecule has 0 aliphatic heterocycles. The van der Waals surface area contributed by atoms with Crippen LogP contribution in [0.15, 0.2) is 30.5 Å². The van der Waals surface area contributed by atoms with Gasteiger partial charge in [0, 0.05) is 23.3 Å². The van der Waals surface area contributed by atoms with E-state index in [0.29, 0.717) is 22.9 Å². The van der Waals surface area contributed by atoms with E-state index in [9.17, 15) is 4.79 Å². The van der Waals surface area contributed by atoms with Gasteiger partial charge in [-0.25, -0.2) is 0 Å². The number of nitrogen functional groups attached to an aromatic ring is 1. The van der Waals surface area contributed by atoms with E-state index in [1.165, 1.54) is 0 Å². The van der Waals surface area contributed by atoms with Crippen molar-refractivity contribution in [2.45, 2.75) is 26.8 Å². The maximum atomic E-state index is 11.9. The minimum absolute atomic E-state index is 0.0351. The van der Waals surface area contributed by atoms with Gasteiger partial charge in [-0.1, -0.05) is 13.8 Å². The lowest BCUT2D eigenvalue weighted by atomic mass is 10.1. The summed E-state index contributed by atoms with van der Waals surface area (Å²) in [6.07, 6.45) is 1.68. The number of benzene rings is 1. The molecule has 1 heterocycles. The van der Waals surface area contributed by atoms with Crippen LogP contribution in [0.1, 0.15) is 20.8 Å². The van der Waals surface area contributed by atoms with Crippen LogP contribution < -0.4 is 15.8 Å². The first-order valence-corrected chi connectivity index (χ1v) is 7.04. The Kier molecular flexibility index (Phi) is 4.62. The Bertz CT molecular complexity index is 640. The molecule has 0 saturated carbocycles. The van der Waals surface area contributed by atoms with Gasteiger partial charge in [-0.15, -0.1) is 0 Å². The van der Waals surface area contributed by atoms with Gasteiger partial charge in [-0.2, -0.15) is 0 Å². The highest BCUT2D eigenvalue weighted by molar-refractivity contribution is 5.94. The molecule has 0 radical (unpaired) electrons. The molecule has 21 heavy (non-hydrogen) atoms. The predicted octanol–water partition coefficient (Wildman–Crippen LogP) is 2.36. The van der Waals surface area contributed by atoms with Gasteiger partial charge in [0.05, 0.1) is 0 Å². The number of rotatable bonds is 5. The molecular weight excluding hydrogens is 266 g/mol. The van der Waals surface area contributed by atoms with Crippen LogP contribution in [-0.2, 0) is 4.79 Å². The highest BCUT2D eigenvalue weighted by Gasteiger charge is 2.12. The summed E-state index contributed by atoms with van der Waals surface area (Å²) in [6.45, 7) is 6.06. The maximum absolute atomic E-state index is 11.9. The summed E-state index contributed by atoms with van der Waals surface area (Å²) in [6, 6.07) is 7.31. The van der Waals surface area contributed by atoms with Crippen molar-refractivity contribution in [3.05, 3.63) is 30.5 Å². The third-order valence-electron chi connectivity index (χ3n) is 3.51. The predicted molar refractivity (Wildman–Crippen MR) is 84.1 cm³/mol. The van der Waals surface area contributed by atoms with E-state index in [1.807, 2.05) is 19.1 Å². The number of ether oxygens (including phenoxy) is 1. The van der Waals surface area contributed by atoms with E-state index in [1.54, 1.807) is 18.3 Å². The monoisotopic (exact) mass is 287 g/mol. The van der Waals surface area contributed by atoms with Gasteiger partial charge < -0.3 is 15.8 Å². The molecule has 3 N–H and O–H groups in total. The molecule has 0 fully saturated rings. The lowest BCUT2D eigenvalue weighted by molar-refractivity contribution is -0.123. The lowest BCUT2D eigenvalue weighted by Gasteiger charge is -2.17.